The minimum Gasteiger partial charge on any atom is -0.476 e. The number of pyridine rings is 1. The number of nitrogens with one attached hydrogen (secondary N) is 1. The summed E-state index contributed by atoms with van der Waals surface area (Å²) in [6, 6.07) is 1.88. The molecule has 0 radical (unpaired) electrons. The SMILES string of the molecule is CC(C)c1cnc2c(C(=O)O)n[nH]c2c1. The highest BCUT2D eigenvalue weighted by Gasteiger charge is 2.14. The Hall–Kier alpha value is -1.91. The van der Waals surface area contributed by atoms with Crippen LogP contribution >= 0.6 is 0 Å². The monoisotopic (exact) mass is 205 g/mol. The molecule has 0 aliphatic heterocycles. The van der Waals surface area contributed by atoms with E-state index >= 15 is 0 Å². The van der Waals surface area contributed by atoms with Crippen LogP contribution in [0.25, 0.3) is 11.0 Å². The normalized spacial score (nSPS) is 11.1. The quantitative estimate of drug-likeness (QED) is 0.783. The third-order valence-corrected chi connectivity index (χ3v) is 2.29. The minimum absolute atomic E-state index is 0.0275. The number of rotatable bonds is 2. The number of aromatic nitrogens is 3. The maximum absolute atomic E-state index is 10.8. The van der Waals surface area contributed by atoms with Gasteiger partial charge in [-0.1, -0.05) is 13.8 Å². The molecule has 0 aromatic carbocycles. The summed E-state index contributed by atoms with van der Waals surface area (Å²) in [5.74, 6) is -0.704. The predicted octanol–water partition coefficient (Wildman–Crippen LogP) is 1.78. The van der Waals surface area contributed by atoms with Gasteiger partial charge in [0.25, 0.3) is 0 Å². The van der Waals surface area contributed by atoms with Crippen molar-refractivity contribution in [2.24, 2.45) is 0 Å². The molecule has 0 atom stereocenters. The van der Waals surface area contributed by atoms with Crippen molar-refractivity contribution in [3.8, 4) is 0 Å². The highest BCUT2D eigenvalue weighted by molar-refractivity contribution is 5.98. The average molecular weight is 205 g/mol. The van der Waals surface area contributed by atoms with E-state index in [2.05, 4.69) is 29.0 Å². The largest absolute Gasteiger partial charge is 0.476 e. The van der Waals surface area contributed by atoms with Gasteiger partial charge < -0.3 is 5.11 Å². The fourth-order valence-corrected chi connectivity index (χ4v) is 1.39. The number of carbonyl (C=O) groups is 1. The summed E-state index contributed by atoms with van der Waals surface area (Å²) in [6.45, 7) is 4.11. The predicted molar refractivity (Wildman–Crippen MR) is 54.9 cm³/mol. The molecule has 0 amide bonds. The maximum Gasteiger partial charge on any atom is 0.358 e. The second kappa shape index (κ2) is 3.34. The number of hydrogen-bond acceptors (Lipinski definition) is 3. The highest BCUT2D eigenvalue weighted by atomic mass is 16.4. The average Bonchev–Trinajstić information content (AvgIpc) is 2.59. The summed E-state index contributed by atoms with van der Waals surface area (Å²) in [7, 11) is 0. The molecule has 15 heavy (non-hydrogen) atoms. The first-order valence-electron chi connectivity index (χ1n) is 4.67. The second-order valence-electron chi connectivity index (χ2n) is 3.70. The Morgan fingerprint density at radius 3 is 2.87 bits per heavy atom. The number of fused-ring (bicyclic) bond motifs is 1. The Bertz CT molecular complexity index is 516. The van der Waals surface area contributed by atoms with E-state index in [1.165, 1.54) is 0 Å². The van der Waals surface area contributed by atoms with Gasteiger partial charge in [-0.05, 0) is 17.5 Å². The highest BCUT2D eigenvalue weighted by Crippen LogP contribution is 2.19. The molecule has 5 nitrogen and oxygen atoms in total. The van der Waals surface area contributed by atoms with Crippen molar-refractivity contribution in [1.29, 1.82) is 0 Å². The third kappa shape index (κ3) is 1.56. The molecule has 78 valence electrons. The number of aromatic amines is 1. The summed E-state index contributed by atoms with van der Waals surface area (Å²) >= 11 is 0. The van der Waals surface area contributed by atoms with E-state index in [9.17, 15) is 4.79 Å². The number of hydrogen-bond donors (Lipinski definition) is 2. The van der Waals surface area contributed by atoms with Crippen molar-refractivity contribution in [2.75, 3.05) is 0 Å². The number of carboxylic acid groups (broad SMARTS) is 1. The van der Waals surface area contributed by atoms with Crippen LogP contribution in [-0.4, -0.2) is 26.3 Å². The van der Waals surface area contributed by atoms with Crippen LogP contribution in [0.3, 0.4) is 0 Å². The lowest BCUT2D eigenvalue weighted by molar-refractivity contribution is 0.0692. The molecule has 0 aliphatic rings. The maximum atomic E-state index is 10.8. The van der Waals surface area contributed by atoms with Crippen LogP contribution in [0.5, 0.6) is 0 Å². The fraction of sp³-hybridized carbons (Fsp3) is 0.300. The topological polar surface area (TPSA) is 78.9 Å². The number of aromatic carboxylic acids is 1. The minimum atomic E-state index is -1.06. The Morgan fingerprint density at radius 1 is 1.53 bits per heavy atom. The Kier molecular flexibility index (Phi) is 2.15. The summed E-state index contributed by atoms with van der Waals surface area (Å²) < 4.78 is 0. The van der Waals surface area contributed by atoms with Gasteiger partial charge in [0.15, 0.2) is 5.69 Å². The van der Waals surface area contributed by atoms with E-state index in [1.807, 2.05) is 6.07 Å². The molecule has 5 heteroatoms. The van der Waals surface area contributed by atoms with Crippen LogP contribution in [0.4, 0.5) is 0 Å². The molecule has 2 aromatic rings. The molecule has 0 saturated carbocycles. The zero-order valence-corrected chi connectivity index (χ0v) is 8.48. The van der Waals surface area contributed by atoms with Gasteiger partial charge in [-0.2, -0.15) is 5.10 Å². The van der Waals surface area contributed by atoms with E-state index in [0.29, 0.717) is 17.0 Å². The van der Waals surface area contributed by atoms with Crippen molar-refractivity contribution in [2.45, 2.75) is 19.8 Å². The van der Waals surface area contributed by atoms with Crippen LogP contribution < -0.4 is 0 Å². The summed E-state index contributed by atoms with van der Waals surface area (Å²) in [5, 5.41) is 15.2. The lowest BCUT2D eigenvalue weighted by Crippen LogP contribution is -1.98. The van der Waals surface area contributed by atoms with Gasteiger partial charge in [0.05, 0.1) is 5.52 Å². The number of carboxylic acids is 1. The zero-order valence-electron chi connectivity index (χ0n) is 8.48. The van der Waals surface area contributed by atoms with Crippen LogP contribution in [0.15, 0.2) is 12.3 Å². The van der Waals surface area contributed by atoms with Crippen LogP contribution in [0, 0.1) is 0 Å². The standard InChI is InChI=1S/C10H11N3O2/c1-5(2)6-3-7-8(11-4-6)9(10(14)15)13-12-7/h3-5H,1-2H3,(H,12,13)(H,14,15). The lowest BCUT2D eigenvalue weighted by Gasteiger charge is -2.03. The molecule has 0 unspecified atom stereocenters. The van der Waals surface area contributed by atoms with E-state index in [0.717, 1.165) is 5.56 Å². The van der Waals surface area contributed by atoms with Crippen molar-refractivity contribution in [3.63, 3.8) is 0 Å². The van der Waals surface area contributed by atoms with Crippen LogP contribution in [-0.2, 0) is 0 Å². The molecule has 2 heterocycles. The van der Waals surface area contributed by atoms with E-state index in [1.54, 1.807) is 6.20 Å². The van der Waals surface area contributed by atoms with Crippen LogP contribution in [0.1, 0.15) is 35.8 Å². The molecular weight excluding hydrogens is 194 g/mol. The molecule has 0 saturated heterocycles. The lowest BCUT2D eigenvalue weighted by atomic mass is 10.1. The van der Waals surface area contributed by atoms with E-state index < -0.39 is 5.97 Å². The van der Waals surface area contributed by atoms with Gasteiger partial charge in [-0.3, -0.25) is 10.1 Å². The number of nitrogens with zero attached hydrogens (tertiary/aromatic N) is 2. The summed E-state index contributed by atoms with van der Waals surface area (Å²) in [5.41, 5.74) is 2.11. The number of H-pyrrole nitrogens is 1. The van der Waals surface area contributed by atoms with Gasteiger partial charge >= 0.3 is 5.97 Å². The van der Waals surface area contributed by atoms with Crippen molar-refractivity contribution in [1.82, 2.24) is 15.2 Å². The molecular formula is C10H11N3O2. The summed E-state index contributed by atoms with van der Waals surface area (Å²) in [6.07, 6.45) is 1.69. The van der Waals surface area contributed by atoms with Crippen molar-refractivity contribution < 1.29 is 9.90 Å². The molecule has 0 fully saturated rings. The van der Waals surface area contributed by atoms with Gasteiger partial charge in [0, 0.05) is 6.20 Å². The first-order chi connectivity index (χ1) is 7.09. The van der Waals surface area contributed by atoms with Crippen molar-refractivity contribution in [3.05, 3.63) is 23.5 Å². The fourth-order valence-electron chi connectivity index (χ4n) is 1.39. The van der Waals surface area contributed by atoms with E-state index in [4.69, 9.17) is 5.11 Å². The van der Waals surface area contributed by atoms with Gasteiger partial charge in [-0.25, -0.2) is 4.79 Å². The Labute approximate surface area is 86.1 Å². The first kappa shape index (κ1) is 9.64. The molecule has 2 aromatic heterocycles. The zero-order chi connectivity index (χ0) is 11.0. The molecule has 2 N–H and O–H groups in total. The van der Waals surface area contributed by atoms with Gasteiger partial charge in [-0.15, -0.1) is 0 Å². The smallest absolute Gasteiger partial charge is 0.358 e. The second-order valence-corrected chi connectivity index (χ2v) is 3.70. The molecule has 0 spiro atoms. The van der Waals surface area contributed by atoms with E-state index in [-0.39, 0.29) is 5.69 Å². The van der Waals surface area contributed by atoms with Crippen molar-refractivity contribution >= 4 is 17.0 Å². The Morgan fingerprint density at radius 2 is 2.27 bits per heavy atom. The summed E-state index contributed by atoms with van der Waals surface area (Å²) in [4.78, 5) is 14.9. The molecule has 0 bridgehead atoms. The first-order valence-corrected chi connectivity index (χ1v) is 4.67. The van der Waals surface area contributed by atoms with Gasteiger partial charge in [0.1, 0.15) is 5.52 Å². The Balaban J connectivity index is 2.61. The van der Waals surface area contributed by atoms with Crippen LogP contribution in [0.2, 0.25) is 0 Å². The molecule has 2 rings (SSSR count). The third-order valence-electron chi connectivity index (χ3n) is 2.29. The van der Waals surface area contributed by atoms with Gasteiger partial charge in [0.2, 0.25) is 0 Å². The molecule has 0 aliphatic carbocycles.